The molecule has 2 aliphatic carbocycles. The molecule has 25 heavy (non-hydrogen) atoms. The molecule has 0 atom stereocenters. The molecule has 3 aromatic heterocycles. The van der Waals surface area contributed by atoms with Crippen molar-refractivity contribution in [3.63, 3.8) is 0 Å². The molecule has 0 radical (unpaired) electrons. The highest BCUT2D eigenvalue weighted by Crippen LogP contribution is 2.45. The Morgan fingerprint density at radius 3 is 2.52 bits per heavy atom. The number of aromatic nitrogens is 4. The molecule has 5 rings (SSSR count). The Morgan fingerprint density at radius 1 is 1.04 bits per heavy atom. The second-order valence-corrected chi connectivity index (χ2v) is 8.07. The fraction of sp³-hybridized carbons (Fsp3) is 0.524. The minimum atomic E-state index is 0.685. The number of hydrogen-bond donors (Lipinski definition) is 1. The van der Waals surface area contributed by atoms with Crippen LogP contribution in [0.2, 0.25) is 0 Å². The van der Waals surface area contributed by atoms with Gasteiger partial charge in [-0.2, -0.15) is 5.10 Å². The van der Waals surface area contributed by atoms with Crippen LogP contribution in [0.15, 0.2) is 30.9 Å². The van der Waals surface area contributed by atoms with Crippen LogP contribution in [0.1, 0.15) is 56.4 Å². The Kier molecular flexibility index (Phi) is 3.65. The van der Waals surface area contributed by atoms with Crippen molar-refractivity contribution in [1.82, 2.24) is 19.7 Å². The molecule has 3 heterocycles. The van der Waals surface area contributed by atoms with Crippen molar-refractivity contribution >= 4 is 11.0 Å². The fourth-order valence-corrected chi connectivity index (χ4v) is 4.88. The first-order chi connectivity index (χ1) is 12.3. The summed E-state index contributed by atoms with van der Waals surface area (Å²) >= 11 is 0. The lowest BCUT2D eigenvalue weighted by atomic mass is 9.67. The van der Waals surface area contributed by atoms with Crippen LogP contribution in [0.4, 0.5) is 0 Å². The lowest BCUT2D eigenvalue weighted by Gasteiger charge is -2.38. The van der Waals surface area contributed by atoms with Crippen LogP contribution < -0.4 is 0 Å². The maximum absolute atomic E-state index is 4.71. The zero-order chi connectivity index (χ0) is 16.8. The van der Waals surface area contributed by atoms with E-state index in [0.717, 1.165) is 23.0 Å². The topological polar surface area (TPSA) is 46.5 Å². The third-order valence-corrected chi connectivity index (χ3v) is 6.63. The van der Waals surface area contributed by atoms with Gasteiger partial charge < -0.3 is 4.98 Å². The van der Waals surface area contributed by atoms with E-state index >= 15 is 0 Å². The number of pyridine rings is 1. The summed E-state index contributed by atoms with van der Waals surface area (Å²) in [5.74, 6) is 2.73. The molecule has 0 aromatic carbocycles. The Hall–Kier alpha value is -2.10. The van der Waals surface area contributed by atoms with E-state index in [2.05, 4.69) is 34.7 Å². The predicted molar refractivity (Wildman–Crippen MR) is 100 cm³/mol. The molecule has 4 nitrogen and oxygen atoms in total. The molecule has 2 fully saturated rings. The van der Waals surface area contributed by atoms with E-state index in [0.29, 0.717) is 5.92 Å². The van der Waals surface area contributed by atoms with Crippen LogP contribution in [-0.4, -0.2) is 19.7 Å². The smallest absolute Gasteiger partial charge is 0.137 e. The Balaban J connectivity index is 1.40. The number of rotatable bonds is 3. The second-order valence-electron chi connectivity index (χ2n) is 8.07. The predicted octanol–water partition coefficient (Wildman–Crippen LogP) is 5.04. The van der Waals surface area contributed by atoms with Crippen molar-refractivity contribution in [3.8, 4) is 11.1 Å². The minimum Gasteiger partial charge on any atom is -0.346 e. The first-order valence-corrected chi connectivity index (χ1v) is 9.74. The Morgan fingerprint density at radius 2 is 1.84 bits per heavy atom. The Labute approximate surface area is 148 Å². The van der Waals surface area contributed by atoms with Crippen molar-refractivity contribution in [2.45, 2.75) is 50.9 Å². The van der Waals surface area contributed by atoms with Gasteiger partial charge in [0.1, 0.15) is 5.65 Å². The highest BCUT2D eigenvalue weighted by molar-refractivity contribution is 5.93. The SMILES string of the molecule is Cn1cc(-c2c[nH]c3ncc(C4CCC(C5CCC5)CC4)cc23)cn1. The second kappa shape index (κ2) is 6.01. The summed E-state index contributed by atoms with van der Waals surface area (Å²) in [6.45, 7) is 0. The third-order valence-electron chi connectivity index (χ3n) is 6.63. The fourth-order valence-electron chi connectivity index (χ4n) is 4.88. The summed E-state index contributed by atoms with van der Waals surface area (Å²) in [5, 5.41) is 5.54. The highest BCUT2D eigenvalue weighted by atomic mass is 15.2. The zero-order valence-corrected chi connectivity index (χ0v) is 14.9. The molecular weight excluding hydrogens is 308 g/mol. The van der Waals surface area contributed by atoms with E-state index in [1.165, 1.54) is 61.5 Å². The van der Waals surface area contributed by atoms with Crippen molar-refractivity contribution in [2.24, 2.45) is 18.9 Å². The molecule has 0 aliphatic heterocycles. The molecule has 2 aliphatic rings. The largest absolute Gasteiger partial charge is 0.346 e. The van der Waals surface area contributed by atoms with Gasteiger partial charge in [0.15, 0.2) is 0 Å². The van der Waals surface area contributed by atoms with Gasteiger partial charge in [-0.3, -0.25) is 4.68 Å². The van der Waals surface area contributed by atoms with Crippen molar-refractivity contribution in [1.29, 1.82) is 0 Å². The van der Waals surface area contributed by atoms with E-state index < -0.39 is 0 Å². The van der Waals surface area contributed by atoms with Gasteiger partial charge in [-0.05, 0) is 55.1 Å². The van der Waals surface area contributed by atoms with E-state index in [9.17, 15) is 0 Å². The van der Waals surface area contributed by atoms with Crippen LogP contribution in [0.3, 0.4) is 0 Å². The van der Waals surface area contributed by atoms with Gasteiger partial charge in [0.2, 0.25) is 0 Å². The molecule has 1 N–H and O–H groups in total. The van der Waals surface area contributed by atoms with Gasteiger partial charge in [0, 0.05) is 42.2 Å². The maximum Gasteiger partial charge on any atom is 0.137 e. The van der Waals surface area contributed by atoms with Gasteiger partial charge in [-0.1, -0.05) is 19.3 Å². The maximum atomic E-state index is 4.71. The molecule has 2 saturated carbocycles. The van der Waals surface area contributed by atoms with Crippen LogP contribution in [0.25, 0.3) is 22.2 Å². The highest BCUT2D eigenvalue weighted by Gasteiger charge is 2.31. The van der Waals surface area contributed by atoms with Gasteiger partial charge >= 0.3 is 0 Å². The molecule has 3 aromatic rings. The van der Waals surface area contributed by atoms with Crippen molar-refractivity contribution < 1.29 is 0 Å². The number of nitrogens with zero attached hydrogens (tertiary/aromatic N) is 3. The van der Waals surface area contributed by atoms with Crippen LogP contribution in [0, 0.1) is 11.8 Å². The van der Waals surface area contributed by atoms with Gasteiger partial charge in [0.05, 0.1) is 6.20 Å². The molecule has 0 saturated heterocycles. The molecule has 0 unspecified atom stereocenters. The quantitative estimate of drug-likeness (QED) is 0.729. The Bertz CT molecular complexity index is 878. The number of aromatic amines is 1. The summed E-state index contributed by atoms with van der Waals surface area (Å²) in [7, 11) is 1.96. The normalized spacial score (nSPS) is 24.5. The number of hydrogen-bond acceptors (Lipinski definition) is 2. The van der Waals surface area contributed by atoms with E-state index in [1.54, 1.807) is 0 Å². The molecular formula is C21H26N4. The van der Waals surface area contributed by atoms with Gasteiger partial charge in [-0.25, -0.2) is 4.98 Å². The summed E-state index contributed by atoms with van der Waals surface area (Å²) in [4.78, 5) is 8.02. The summed E-state index contributed by atoms with van der Waals surface area (Å²) in [6, 6.07) is 2.37. The lowest BCUT2D eigenvalue weighted by Crippen LogP contribution is -2.25. The first-order valence-electron chi connectivity index (χ1n) is 9.74. The lowest BCUT2D eigenvalue weighted by molar-refractivity contribution is 0.154. The number of fused-ring (bicyclic) bond motifs is 1. The number of aryl methyl sites for hydroxylation is 1. The monoisotopic (exact) mass is 334 g/mol. The van der Waals surface area contributed by atoms with E-state index in [4.69, 9.17) is 4.98 Å². The summed E-state index contributed by atoms with van der Waals surface area (Å²) in [5.41, 5.74) is 4.76. The van der Waals surface area contributed by atoms with Gasteiger partial charge in [-0.15, -0.1) is 0 Å². The molecule has 0 bridgehead atoms. The number of H-pyrrole nitrogens is 1. The van der Waals surface area contributed by atoms with Crippen LogP contribution in [0.5, 0.6) is 0 Å². The summed E-state index contributed by atoms with van der Waals surface area (Å²) in [6.07, 6.45) is 18.1. The van der Waals surface area contributed by atoms with Gasteiger partial charge in [0.25, 0.3) is 0 Å². The summed E-state index contributed by atoms with van der Waals surface area (Å²) < 4.78 is 1.85. The van der Waals surface area contributed by atoms with Crippen LogP contribution in [-0.2, 0) is 7.05 Å². The van der Waals surface area contributed by atoms with E-state index in [1.807, 2.05) is 17.9 Å². The average molecular weight is 334 g/mol. The minimum absolute atomic E-state index is 0.685. The zero-order valence-electron chi connectivity index (χ0n) is 14.9. The number of nitrogens with one attached hydrogen (secondary N) is 1. The van der Waals surface area contributed by atoms with E-state index in [-0.39, 0.29) is 0 Å². The third kappa shape index (κ3) is 2.68. The molecule has 130 valence electrons. The molecule has 0 spiro atoms. The molecule has 0 amide bonds. The van der Waals surface area contributed by atoms with Crippen LogP contribution >= 0.6 is 0 Å². The van der Waals surface area contributed by atoms with Crippen molar-refractivity contribution in [2.75, 3.05) is 0 Å². The van der Waals surface area contributed by atoms with Crippen molar-refractivity contribution in [3.05, 3.63) is 36.4 Å². The average Bonchev–Trinajstić information content (AvgIpc) is 3.19. The molecule has 4 heteroatoms. The first kappa shape index (κ1) is 15.2. The standard InChI is InChI=1S/C21H26N4/c1-25-13-18(11-24-25)20-12-23-21-19(20)9-17(10-22-21)16-7-5-15(6-8-16)14-3-2-4-14/h9-16H,2-8H2,1H3,(H,22,23).